The van der Waals surface area contributed by atoms with Crippen LogP contribution in [0.5, 0.6) is 0 Å². The molecule has 15 heavy (non-hydrogen) atoms. The van der Waals surface area contributed by atoms with Crippen molar-refractivity contribution in [3.05, 3.63) is 0 Å². The Bertz CT molecular complexity index is 244. The molecule has 2 heteroatoms. The van der Waals surface area contributed by atoms with E-state index in [4.69, 9.17) is 0 Å². The Hall–Kier alpha value is -0.0800. The van der Waals surface area contributed by atoms with E-state index < -0.39 is 0 Å². The zero-order valence-corrected chi connectivity index (χ0v) is 10.5. The second kappa shape index (κ2) is 3.46. The van der Waals surface area contributed by atoms with Crippen molar-refractivity contribution in [3.8, 4) is 0 Å². The first-order valence-corrected chi connectivity index (χ1v) is 6.28. The number of aliphatic hydroxyl groups excluding tert-OH is 1. The predicted octanol–water partition coefficient (Wildman–Crippen LogP) is 2.17. The van der Waals surface area contributed by atoms with Crippen molar-refractivity contribution in [1.82, 2.24) is 5.32 Å². The molecule has 0 spiro atoms. The van der Waals surface area contributed by atoms with Gasteiger partial charge in [-0.2, -0.15) is 0 Å². The molecule has 0 heterocycles. The van der Waals surface area contributed by atoms with E-state index in [-0.39, 0.29) is 6.10 Å². The molecule has 88 valence electrons. The number of hydrogen-bond donors (Lipinski definition) is 2. The average molecular weight is 211 g/mol. The molecule has 0 aromatic rings. The number of rotatable bonds is 3. The monoisotopic (exact) mass is 211 g/mol. The van der Waals surface area contributed by atoms with Gasteiger partial charge in [0.25, 0.3) is 0 Å². The summed E-state index contributed by atoms with van der Waals surface area (Å²) >= 11 is 0. The third-order valence-corrected chi connectivity index (χ3v) is 4.89. The van der Waals surface area contributed by atoms with Crippen LogP contribution in [-0.2, 0) is 0 Å². The lowest BCUT2D eigenvalue weighted by atomic mass is 9.68. The van der Waals surface area contributed by atoms with Crippen LogP contribution in [0, 0.1) is 16.7 Å². The standard InChI is InChI=1S/C13H25NO/c1-9(15)8-14-11-12(2,3)10-5-6-13(11,4)7-10/h9-11,14-15H,5-8H2,1-4H3/t9-,10?,11?,13?/m1/s1. The van der Waals surface area contributed by atoms with Crippen molar-refractivity contribution in [1.29, 1.82) is 0 Å². The fraction of sp³-hybridized carbons (Fsp3) is 1.00. The summed E-state index contributed by atoms with van der Waals surface area (Å²) in [6, 6.07) is 0.582. The molecule has 0 aromatic heterocycles. The third kappa shape index (κ3) is 1.72. The van der Waals surface area contributed by atoms with E-state index >= 15 is 0 Å². The van der Waals surface area contributed by atoms with Gasteiger partial charge in [-0.1, -0.05) is 20.8 Å². The van der Waals surface area contributed by atoms with Gasteiger partial charge < -0.3 is 10.4 Å². The SMILES string of the molecule is C[C@@H](O)CNC1C2(C)CCC(C2)C1(C)C. The predicted molar refractivity (Wildman–Crippen MR) is 62.7 cm³/mol. The molecule has 0 radical (unpaired) electrons. The largest absolute Gasteiger partial charge is 0.392 e. The van der Waals surface area contributed by atoms with Crippen molar-refractivity contribution in [3.63, 3.8) is 0 Å². The van der Waals surface area contributed by atoms with Gasteiger partial charge in [0, 0.05) is 12.6 Å². The molecular formula is C13H25NO. The van der Waals surface area contributed by atoms with Gasteiger partial charge in [-0.25, -0.2) is 0 Å². The number of fused-ring (bicyclic) bond motifs is 2. The quantitative estimate of drug-likeness (QED) is 0.750. The molecule has 4 atom stereocenters. The van der Waals surface area contributed by atoms with E-state index in [0.29, 0.717) is 16.9 Å². The summed E-state index contributed by atoms with van der Waals surface area (Å²) in [5, 5.41) is 13.0. The number of hydrogen-bond acceptors (Lipinski definition) is 2. The van der Waals surface area contributed by atoms with E-state index in [1.165, 1.54) is 19.3 Å². The summed E-state index contributed by atoms with van der Waals surface area (Å²) in [5.41, 5.74) is 0.880. The lowest BCUT2D eigenvalue weighted by molar-refractivity contribution is 0.0920. The molecule has 3 unspecified atom stereocenters. The first-order valence-electron chi connectivity index (χ1n) is 6.28. The Morgan fingerprint density at radius 1 is 1.40 bits per heavy atom. The van der Waals surface area contributed by atoms with Gasteiger partial charge in [0.1, 0.15) is 0 Å². The lowest BCUT2D eigenvalue weighted by Crippen LogP contribution is -2.51. The van der Waals surface area contributed by atoms with Crippen molar-refractivity contribution >= 4 is 0 Å². The molecule has 0 amide bonds. The zero-order chi connectivity index (χ0) is 11.3. The first kappa shape index (κ1) is 11.4. The van der Waals surface area contributed by atoms with Gasteiger partial charge in [0.2, 0.25) is 0 Å². The maximum Gasteiger partial charge on any atom is 0.0636 e. The van der Waals surface area contributed by atoms with Crippen LogP contribution in [0.25, 0.3) is 0 Å². The lowest BCUT2D eigenvalue weighted by Gasteiger charge is -2.43. The molecule has 2 bridgehead atoms. The topological polar surface area (TPSA) is 32.3 Å². The highest BCUT2D eigenvalue weighted by atomic mass is 16.3. The summed E-state index contributed by atoms with van der Waals surface area (Å²) < 4.78 is 0. The van der Waals surface area contributed by atoms with Gasteiger partial charge in [-0.05, 0) is 42.9 Å². The molecule has 2 fully saturated rings. The van der Waals surface area contributed by atoms with Gasteiger partial charge in [0.05, 0.1) is 6.10 Å². The second-order valence-corrected chi connectivity index (χ2v) is 6.61. The van der Waals surface area contributed by atoms with Crippen molar-refractivity contribution in [2.45, 2.75) is 59.1 Å². The average Bonchev–Trinajstić information content (AvgIpc) is 2.54. The van der Waals surface area contributed by atoms with E-state index in [0.717, 1.165) is 12.5 Å². The van der Waals surface area contributed by atoms with Gasteiger partial charge >= 0.3 is 0 Å². The summed E-state index contributed by atoms with van der Waals surface area (Å²) in [5.74, 6) is 0.883. The van der Waals surface area contributed by atoms with Crippen LogP contribution < -0.4 is 5.32 Å². The molecular weight excluding hydrogens is 186 g/mol. The van der Waals surface area contributed by atoms with Crippen LogP contribution in [-0.4, -0.2) is 23.8 Å². The molecule has 0 saturated heterocycles. The fourth-order valence-electron chi connectivity index (χ4n) is 4.10. The summed E-state index contributed by atoms with van der Waals surface area (Å²) in [7, 11) is 0. The Morgan fingerprint density at radius 2 is 2.07 bits per heavy atom. The van der Waals surface area contributed by atoms with Gasteiger partial charge in [0.15, 0.2) is 0 Å². The number of nitrogens with one attached hydrogen (secondary N) is 1. The van der Waals surface area contributed by atoms with Crippen LogP contribution in [0.2, 0.25) is 0 Å². The van der Waals surface area contributed by atoms with E-state index in [1.807, 2.05) is 6.92 Å². The zero-order valence-electron chi connectivity index (χ0n) is 10.5. The van der Waals surface area contributed by atoms with Crippen molar-refractivity contribution < 1.29 is 5.11 Å². The van der Waals surface area contributed by atoms with Crippen molar-refractivity contribution in [2.75, 3.05) is 6.54 Å². The number of aliphatic hydroxyl groups is 1. The highest BCUT2D eigenvalue weighted by molar-refractivity contribution is 5.11. The normalized spacial score (nSPS) is 44.6. The van der Waals surface area contributed by atoms with Gasteiger partial charge in [-0.3, -0.25) is 0 Å². The van der Waals surface area contributed by atoms with E-state index in [2.05, 4.69) is 26.1 Å². The summed E-state index contributed by atoms with van der Waals surface area (Å²) in [6.07, 6.45) is 3.90. The highest BCUT2D eigenvalue weighted by Crippen LogP contribution is 2.62. The Labute approximate surface area is 93.5 Å². The highest BCUT2D eigenvalue weighted by Gasteiger charge is 2.58. The van der Waals surface area contributed by atoms with E-state index in [1.54, 1.807) is 0 Å². The second-order valence-electron chi connectivity index (χ2n) is 6.61. The van der Waals surface area contributed by atoms with Gasteiger partial charge in [-0.15, -0.1) is 0 Å². The molecule has 0 aromatic carbocycles. The smallest absolute Gasteiger partial charge is 0.0636 e. The molecule has 0 aliphatic heterocycles. The van der Waals surface area contributed by atoms with Crippen molar-refractivity contribution in [2.24, 2.45) is 16.7 Å². The van der Waals surface area contributed by atoms with Crippen LogP contribution in [0.1, 0.15) is 47.0 Å². The summed E-state index contributed by atoms with van der Waals surface area (Å²) in [4.78, 5) is 0. The molecule has 2 nitrogen and oxygen atoms in total. The maximum absolute atomic E-state index is 9.37. The minimum absolute atomic E-state index is 0.233. The Morgan fingerprint density at radius 3 is 2.53 bits per heavy atom. The Kier molecular flexibility index (Phi) is 2.63. The van der Waals surface area contributed by atoms with Crippen LogP contribution in [0.15, 0.2) is 0 Å². The molecule has 2 aliphatic rings. The Balaban J connectivity index is 2.09. The van der Waals surface area contributed by atoms with Crippen LogP contribution >= 0.6 is 0 Å². The molecule has 2 saturated carbocycles. The fourth-order valence-corrected chi connectivity index (χ4v) is 4.10. The third-order valence-electron chi connectivity index (χ3n) is 4.89. The van der Waals surface area contributed by atoms with Crippen LogP contribution in [0.4, 0.5) is 0 Å². The maximum atomic E-state index is 9.37. The minimum atomic E-state index is -0.233. The molecule has 2 aliphatic carbocycles. The van der Waals surface area contributed by atoms with E-state index in [9.17, 15) is 5.11 Å². The molecule has 2 rings (SSSR count). The molecule has 2 N–H and O–H groups in total. The minimum Gasteiger partial charge on any atom is -0.392 e. The first-order chi connectivity index (χ1) is 6.86. The van der Waals surface area contributed by atoms with Crippen LogP contribution in [0.3, 0.4) is 0 Å². The summed E-state index contributed by atoms with van der Waals surface area (Å²) in [6.45, 7) is 9.79.